The number of rotatable bonds is 0. The Hall–Kier alpha value is 0.964. The summed E-state index contributed by atoms with van der Waals surface area (Å²) in [5, 5.41) is 0. The maximum atomic E-state index is 2.00. The SMILES string of the molecule is CN(C)C.Cl.[Ti]. The van der Waals surface area contributed by atoms with Crippen LogP contribution in [0.15, 0.2) is 0 Å². The van der Waals surface area contributed by atoms with Crippen molar-refractivity contribution in [1.29, 1.82) is 0 Å². The van der Waals surface area contributed by atoms with Crippen LogP contribution in [0, 0.1) is 0 Å². The number of hydrogen-bond donors (Lipinski definition) is 0. The van der Waals surface area contributed by atoms with E-state index < -0.39 is 0 Å². The van der Waals surface area contributed by atoms with Crippen LogP contribution in [0.4, 0.5) is 0 Å². The Kier molecular flexibility index (Phi) is 24.6. The Morgan fingerprint density at radius 2 is 1.00 bits per heavy atom. The second-order valence-electron chi connectivity index (χ2n) is 1.34. The molecule has 0 bridgehead atoms. The van der Waals surface area contributed by atoms with E-state index in [9.17, 15) is 0 Å². The van der Waals surface area contributed by atoms with Crippen LogP contribution < -0.4 is 0 Å². The zero-order chi connectivity index (χ0) is 3.58. The van der Waals surface area contributed by atoms with Gasteiger partial charge in [0.25, 0.3) is 0 Å². The molecule has 0 N–H and O–H groups in total. The molecule has 0 radical (unpaired) electrons. The topological polar surface area (TPSA) is 3.24 Å². The molecule has 0 fully saturated rings. The summed E-state index contributed by atoms with van der Waals surface area (Å²) in [4.78, 5) is 2.00. The van der Waals surface area contributed by atoms with Gasteiger partial charge in [0.15, 0.2) is 0 Å². The molecule has 0 aliphatic carbocycles. The molecular formula is C3H10ClNTi. The van der Waals surface area contributed by atoms with Gasteiger partial charge in [0.1, 0.15) is 0 Å². The van der Waals surface area contributed by atoms with E-state index in [1.165, 1.54) is 0 Å². The zero-order valence-electron chi connectivity index (χ0n) is 4.36. The molecule has 6 heavy (non-hydrogen) atoms. The third kappa shape index (κ3) is 83.9. The Bertz CT molecular complexity index is 15.5. The number of halogens is 1. The van der Waals surface area contributed by atoms with Gasteiger partial charge >= 0.3 is 0 Å². The molecule has 0 rings (SSSR count). The van der Waals surface area contributed by atoms with E-state index in [4.69, 9.17) is 0 Å². The standard InChI is InChI=1S/C3H9N.ClH.Ti/c1-4(2)3;;/h1-3H3;1H;. The number of nitrogens with zero attached hydrogens (tertiary/aromatic N) is 1. The predicted molar refractivity (Wildman–Crippen MR) is 26.9 cm³/mol. The molecule has 0 saturated heterocycles. The fourth-order valence-electron chi connectivity index (χ4n) is 0. The van der Waals surface area contributed by atoms with Crippen molar-refractivity contribution in [2.24, 2.45) is 0 Å². The van der Waals surface area contributed by atoms with Gasteiger partial charge in [0, 0.05) is 21.7 Å². The zero-order valence-corrected chi connectivity index (χ0v) is 6.73. The van der Waals surface area contributed by atoms with Crippen LogP contribution in [0.3, 0.4) is 0 Å². The minimum atomic E-state index is 0. The minimum Gasteiger partial charge on any atom is -0.312 e. The molecule has 0 saturated carbocycles. The van der Waals surface area contributed by atoms with Gasteiger partial charge in [-0.25, -0.2) is 0 Å². The Morgan fingerprint density at radius 3 is 1.00 bits per heavy atom. The monoisotopic (exact) mass is 143 g/mol. The molecule has 0 amide bonds. The van der Waals surface area contributed by atoms with E-state index in [0.717, 1.165) is 0 Å². The molecule has 0 aliphatic heterocycles. The second kappa shape index (κ2) is 9.35. The van der Waals surface area contributed by atoms with Crippen molar-refractivity contribution in [3.8, 4) is 0 Å². The molecule has 0 aromatic rings. The van der Waals surface area contributed by atoms with Gasteiger partial charge in [-0.3, -0.25) is 0 Å². The van der Waals surface area contributed by atoms with Gasteiger partial charge in [-0.15, -0.1) is 12.4 Å². The van der Waals surface area contributed by atoms with Crippen molar-refractivity contribution >= 4 is 12.4 Å². The third-order valence-corrected chi connectivity index (χ3v) is 0. The maximum Gasteiger partial charge on any atom is 0 e. The first-order chi connectivity index (χ1) is 1.73. The first-order valence-corrected chi connectivity index (χ1v) is 1.34. The predicted octanol–water partition coefficient (Wildman–Crippen LogP) is 0.597. The van der Waals surface area contributed by atoms with E-state index in [1.807, 2.05) is 26.0 Å². The molecule has 0 unspecified atom stereocenters. The van der Waals surface area contributed by atoms with Gasteiger partial charge in [0.2, 0.25) is 0 Å². The molecule has 0 heterocycles. The van der Waals surface area contributed by atoms with Gasteiger partial charge < -0.3 is 4.90 Å². The fourth-order valence-corrected chi connectivity index (χ4v) is 0. The normalized spacial score (nSPS) is 6.00. The van der Waals surface area contributed by atoms with Crippen LogP contribution in [0.1, 0.15) is 0 Å². The van der Waals surface area contributed by atoms with Gasteiger partial charge in [-0.2, -0.15) is 0 Å². The average Bonchev–Trinajstić information content (AvgIpc) is 0.811. The summed E-state index contributed by atoms with van der Waals surface area (Å²) < 4.78 is 0. The molecule has 0 aliphatic rings. The Balaban J connectivity index is -0.0000000450. The first kappa shape index (κ1) is 15.8. The minimum absolute atomic E-state index is 0. The van der Waals surface area contributed by atoms with Crippen LogP contribution in [-0.4, -0.2) is 26.0 Å². The summed E-state index contributed by atoms with van der Waals surface area (Å²) in [5.41, 5.74) is 0. The van der Waals surface area contributed by atoms with Crippen molar-refractivity contribution in [1.82, 2.24) is 4.90 Å². The first-order valence-electron chi connectivity index (χ1n) is 1.34. The summed E-state index contributed by atoms with van der Waals surface area (Å²) >= 11 is 0. The third-order valence-electron chi connectivity index (χ3n) is 0. The molecule has 0 aromatic carbocycles. The summed E-state index contributed by atoms with van der Waals surface area (Å²) in [7, 11) is 6.00. The largest absolute Gasteiger partial charge is 0.312 e. The molecular weight excluding hydrogens is 133 g/mol. The molecule has 3 heteroatoms. The summed E-state index contributed by atoms with van der Waals surface area (Å²) in [6, 6.07) is 0. The smallest absolute Gasteiger partial charge is 0 e. The number of hydrogen-bond acceptors (Lipinski definition) is 1. The second-order valence-corrected chi connectivity index (χ2v) is 1.34. The van der Waals surface area contributed by atoms with Crippen LogP contribution in [0.5, 0.6) is 0 Å². The van der Waals surface area contributed by atoms with Crippen LogP contribution in [-0.2, 0) is 21.7 Å². The van der Waals surface area contributed by atoms with Crippen molar-refractivity contribution < 1.29 is 21.7 Å². The maximum absolute atomic E-state index is 2.00. The quantitative estimate of drug-likeness (QED) is 0.449. The van der Waals surface area contributed by atoms with Crippen LogP contribution >= 0.6 is 12.4 Å². The van der Waals surface area contributed by atoms with E-state index in [-0.39, 0.29) is 34.1 Å². The van der Waals surface area contributed by atoms with Gasteiger partial charge in [-0.1, -0.05) is 0 Å². The van der Waals surface area contributed by atoms with Crippen LogP contribution in [0.25, 0.3) is 0 Å². The molecule has 1 nitrogen and oxygen atoms in total. The summed E-state index contributed by atoms with van der Waals surface area (Å²) in [6.07, 6.45) is 0. The summed E-state index contributed by atoms with van der Waals surface area (Å²) in [6.45, 7) is 0. The van der Waals surface area contributed by atoms with Crippen LogP contribution in [0.2, 0.25) is 0 Å². The molecule has 0 atom stereocenters. The Labute approximate surface area is 60.4 Å². The van der Waals surface area contributed by atoms with Crippen molar-refractivity contribution in [2.45, 2.75) is 0 Å². The van der Waals surface area contributed by atoms with Gasteiger partial charge in [0.05, 0.1) is 0 Å². The molecule has 38 valence electrons. The van der Waals surface area contributed by atoms with Crippen molar-refractivity contribution in [3.05, 3.63) is 0 Å². The fraction of sp³-hybridized carbons (Fsp3) is 1.00. The molecule has 0 spiro atoms. The van der Waals surface area contributed by atoms with Crippen molar-refractivity contribution in [2.75, 3.05) is 21.1 Å². The summed E-state index contributed by atoms with van der Waals surface area (Å²) in [5.74, 6) is 0. The van der Waals surface area contributed by atoms with E-state index in [1.54, 1.807) is 0 Å². The van der Waals surface area contributed by atoms with E-state index in [0.29, 0.717) is 0 Å². The average molecular weight is 143 g/mol. The van der Waals surface area contributed by atoms with Gasteiger partial charge in [-0.05, 0) is 21.1 Å². The Morgan fingerprint density at radius 1 is 1.00 bits per heavy atom. The van der Waals surface area contributed by atoms with E-state index in [2.05, 4.69) is 0 Å². The molecule has 0 aromatic heterocycles. The van der Waals surface area contributed by atoms with Crippen molar-refractivity contribution in [3.63, 3.8) is 0 Å². The van der Waals surface area contributed by atoms with E-state index >= 15 is 0 Å².